The Labute approximate surface area is 63.6 Å². The van der Waals surface area contributed by atoms with Crippen LogP contribution < -0.4 is 10.9 Å². The molecule has 5 N–H and O–H groups in total. The first-order valence-electron chi connectivity index (χ1n) is 2.77. The van der Waals surface area contributed by atoms with Crippen LogP contribution in [0.4, 0.5) is 5.69 Å². The summed E-state index contributed by atoms with van der Waals surface area (Å²) in [5.41, 5.74) is 5.97. The lowest BCUT2D eigenvalue weighted by Gasteiger charge is -1.94. The highest BCUT2D eigenvalue weighted by Gasteiger charge is 2.08. The standard InChI is InChI=1S/C4H8N4O2S/c5-3-1-7-8-4(3)2-11(6,9)10/h1H,2,5H2,(H,7,8)(H2,6,9,10). The fourth-order valence-electron chi connectivity index (χ4n) is 0.639. The van der Waals surface area contributed by atoms with Crippen molar-refractivity contribution in [3.8, 4) is 0 Å². The topological polar surface area (TPSA) is 115 Å². The van der Waals surface area contributed by atoms with Gasteiger partial charge in [-0.1, -0.05) is 0 Å². The van der Waals surface area contributed by atoms with Crippen molar-refractivity contribution < 1.29 is 8.42 Å². The summed E-state index contributed by atoms with van der Waals surface area (Å²) < 4.78 is 21.1. The van der Waals surface area contributed by atoms with E-state index in [0.717, 1.165) is 0 Å². The first kappa shape index (κ1) is 8.02. The summed E-state index contributed by atoms with van der Waals surface area (Å²) in [4.78, 5) is 0. The first-order valence-corrected chi connectivity index (χ1v) is 4.49. The van der Waals surface area contributed by atoms with E-state index in [0.29, 0.717) is 11.4 Å². The Balaban J connectivity index is 2.89. The van der Waals surface area contributed by atoms with Crippen molar-refractivity contribution >= 4 is 15.7 Å². The van der Waals surface area contributed by atoms with Crippen molar-refractivity contribution in [2.75, 3.05) is 5.73 Å². The van der Waals surface area contributed by atoms with Gasteiger partial charge in [0.15, 0.2) is 0 Å². The third kappa shape index (κ3) is 2.20. The molecule has 0 aliphatic rings. The third-order valence-corrected chi connectivity index (χ3v) is 1.79. The second-order valence-electron chi connectivity index (χ2n) is 2.11. The van der Waals surface area contributed by atoms with Gasteiger partial charge in [-0.3, -0.25) is 5.10 Å². The number of H-pyrrole nitrogens is 1. The van der Waals surface area contributed by atoms with Gasteiger partial charge in [-0.2, -0.15) is 5.10 Å². The molecule has 7 heteroatoms. The summed E-state index contributed by atoms with van der Waals surface area (Å²) in [5, 5.41) is 10.7. The van der Waals surface area contributed by atoms with Gasteiger partial charge in [0.2, 0.25) is 10.0 Å². The second-order valence-corrected chi connectivity index (χ2v) is 3.73. The zero-order valence-corrected chi connectivity index (χ0v) is 6.43. The molecule has 1 heterocycles. The van der Waals surface area contributed by atoms with Crippen LogP contribution in [0.1, 0.15) is 5.69 Å². The Bertz CT molecular complexity index is 341. The molecule has 1 aromatic heterocycles. The Kier molecular flexibility index (Phi) is 1.83. The van der Waals surface area contributed by atoms with Crippen LogP contribution in [0, 0.1) is 0 Å². The Hall–Kier alpha value is -1.08. The molecule has 0 aromatic carbocycles. The molecule has 0 atom stereocenters. The van der Waals surface area contributed by atoms with Gasteiger partial charge in [-0.15, -0.1) is 0 Å². The predicted octanol–water partition coefficient (Wildman–Crippen LogP) is -1.22. The van der Waals surface area contributed by atoms with Gasteiger partial charge in [0.25, 0.3) is 0 Å². The van der Waals surface area contributed by atoms with Crippen LogP contribution in [0.2, 0.25) is 0 Å². The van der Waals surface area contributed by atoms with E-state index in [9.17, 15) is 8.42 Å². The highest BCUT2D eigenvalue weighted by Crippen LogP contribution is 2.07. The smallest absolute Gasteiger partial charge is 0.214 e. The second kappa shape index (κ2) is 2.51. The predicted molar refractivity (Wildman–Crippen MR) is 39.8 cm³/mol. The summed E-state index contributed by atoms with van der Waals surface area (Å²) >= 11 is 0. The van der Waals surface area contributed by atoms with Gasteiger partial charge in [0.1, 0.15) is 5.75 Å². The number of primary sulfonamides is 1. The minimum absolute atomic E-state index is 0.305. The van der Waals surface area contributed by atoms with Crippen molar-refractivity contribution in [3.05, 3.63) is 11.9 Å². The molecule has 11 heavy (non-hydrogen) atoms. The fourth-order valence-corrected chi connectivity index (χ4v) is 1.27. The van der Waals surface area contributed by atoms with Gasteiger partial charge in [-0.25, -0.2) is 13.6 Å². The van der Waals surface area contributed by atoms with Crippen LogP contribution in [0.25, 0.3) is 0 Å². The van der Waals surface area contributed by atoms with Gasteiger partial charge >= 0.3 is 0 Å². The summed E-state index contributed by atoms with van der Waals surface area (Å²) in [6.07, 6.45) is 1.33. The monoisotopic (exact) mass is 176 g/mol. The van der Waals surface area contributed by atoms with Crippen LogP contribution in [0.3, 0.4) is 0 Å². The number of aromatic amines is 1. The Morgan fingerprint density at radius 3 is 2.64 bits per heavy atom. The quantitative estimate of drug-likeness (QED) is 0.523. The number of anilines is 1. The van der Waals surface area contributed by atoms with E-state index in [1.165, 1.54) is 6.20 Å². The lowest BCUT2D eigenvalue weighted by atomic mass is 10.4. The summed E-state index contributed by atoms with van der Waals surface area (Å²) in [5.74, 6) is -0.307. The normalized spacial score (nSPS) is 11.7. The van der Waals surface area contributed by atoms with Gasteiger partial charge in [-0.05, 0) is 0 Å². The van der Waals surface area contributed by atoms with Crippen molar-refractivity contribution in [1.29, 1.82) is 0 Å². The van der Waals surface area contributed by atoms with Crippen LogP contribution in [0.15, 0.2) is 6.20 Å². The van der Waals surface area contributed by atoms with Gasteiger partial charge in [0.05, 0.1) is 17.6 Å². The number of rotatable bonds is 2. The number of nitrogens with one attached hydrogen (secondary N) is 1. The average molecular weight is 176 g/mol. The minimum atomic E-state index is -3.52. The lowest BCUT2D eigenvalue weighted by molar-refractivity contribution is 0.596. The lowest BCUT2D eigenvalue weighted by Crippen LogP contribution is -2.15. The van der Waals surface area contributed by atoms with Crippen molar-refractivity contribution in [3.63, 3.8) is 0 Å². The molecule has 6 nitrogen and oxygen atoms in total. The van der Waals surface area contributed by atoms with E-state index in [1.807, 2.05) is 0 Å². The number of aromatic nitrogens is 2. The molecular weight excluding hydrogens is 168 g/mol. The van der Waals surface area contributed by atoms with E-state index < -0.39 is 10.0 Å². The Morgan fingerprint density at radius 2 is 2.27 bits per heavy atom. The molecule has 0 saturated heterocycles. The summed E-state index contributed by atoms with van der Waals surface area (Å²) in [7, 11) is -3.52. The first-order chi connectivity index (χ1) is 4.99. The molecule has 0 radical (unpaired) electrons. The van der Waals surface area contributed by atoms with Crippen LogP contribution in [-0.4, -0.2) is 18.6 Å². The van der Waals surface area contributed by atoms with Crippen molar-refractivity contribution in [2.24, 2.45) is 5.14 Å². The van der Waals surface area contributed by atoms with E-state index in [2.05, 4.69) is 10.2 Å². The number of hydrogen-bond acceptors (Lipinski definition) is 4. The zero-order chi connectivity index (χ0) is 8.48. The van der Waals surface area contributed by atoms with Gasteiger partial charge < -0.3 is 5.73 Å². The average Bonchev–Trinajstić information content (AvgIpc) is 2.12. The maximum absolute atomic E-state index is 10.5. The zero-order valence-electron chi connectivity index (χ0n) is 5.61. The van der Waals surface area contributed by atoms with Crippen LogP contribution in [0.5, 0.6) is 0 Å². The van der Waals surface area contributed by atoms with Crippen molar-refractivity contribution in [2.45, 2.75) is 5.75 Å². The Morgan fingerprint density at radius 1 is 1.64 bits per heavy atom. The number of sulfonamides is 1. The molecule has 0 unspecified atom stereocenters. The molecule has 0 aliphatic carbocycles. The van der Waals surface area contributed by atoms with Gasteiger partial charge in [0, 0.05) is 0 Å². The molecule has 0 amide bonds. The largest absolute Gasteiger partial charge is 0.396 e. The molecule has 0 aliphatic heterocycles. The molecule has 62 valence electrons. The number of nitrogen functional groups attached to an aromatic ring is 1. The van der Waals surface area contributed by atoms with E-state index >= 15 is 0 Å². The molecule has 0 fully saturated rings. The summed E-state index contributed by atoms with van der Waals surface area (Å²) in [6, 6.07) is 0. The molecule has 1 rings (SSSR count). The summed E-state index contributed by atoms with van der Waals surface area (Å²) in [6.45, 7) is 0. The van der Waals surface area contributed by atoms with Crippen LogP contribution >= 0.6 is 0 Å². The molecule has 1 aromatic rings. The van der Waals surface area contributed by atoms with Crippen LogP contribution in [-0.2, 0) is 15.8 Å². The SMILES string of the molecule is Nc1cn[nH]c1CS(N)(=O)=O. The highest BCUT2D eigenvalue weighted by molar-refractivity contribution is 7.88. The maximum atomic E-state index is 10.5. The maximum Gasteiger partial charge on any atom is 0.214 e. The third-order valence-electron chi connectivity index (χ3n) is 1.10. The molecule has 0 saturated carbocycles. The van der Waals surface area contributed by atoms with E-state index in [-0.39, 0.29) is 5.75 Å². The van der Waals surface area contributed by atoms with E-state index in [4.69, 9.17) is 10.9 Å². The van der Waals surface area contributed by atoms with E-state index in [1.54, 1.807) is 0 Å². The number of nitrogens with zero attached hydrogens (tertiary/aromatic N) is 1. The number of nitrogens with two attached hydrogens (primary N) is 2. The highest BCUT2D eigenvalue weighted by atomic mass is 32.2. The molecular formula is C4H8N4O2S. The fraction of sp³-hybridized carbons (Fsp3) is 0.250. The molecule has 0 spiro atoms. The van der Waals surface area contributed by atoms with Crippen molar-refractivity contribution in [1.82, 2.24) is 10.2 Å². The molecule has 0 bridgehead atoms. The minimum Gasteiger partial charge on any atom is -0.396 e. The number of hydrogen-bond donors (Lipinski definition) is 3.